The molecule has 1 aromatic carbocycles. The Balaban J connectivity index is 1.39. The number of aromatic nitrogens is 4. The quantitative estimate of drug-likeness (QED) is 0.662. The fourth-order valence-corrected chi connectivity index (χ4v) is 3.38. The summed E-state index contributed by atoms with van der Waals surface area (Å²) in [6, 6.07) is 11.6. The van der Waals surface area contributed by atoms with E-state index in [1.165, 1.54) is 12.8 Å². The highest BCUT2D eigenvalue weighted by atomic mass is 16.2. The summed E-state index contributed by atoms with van der Waals surface area (Å²) in [5, 5.41) is 8.73. The normalized spacial score (nSPS) is 13.7. The van der Waals surface area contributed by atoms with Crippen molar-refractivity contribution in [3.8, 4) is 11.3 Å². The van der Waals surface area contributed by atoms with E-state index >= 15 is 0 Å². The van der Waals surface area contributed by atoms with Gasteiger partial charge in [0.05, 0.1) is 12.0 Å². The van der Waals surface area contributed by atoms with E-state index in [1.54, 1.807) is 17.4 Å². The number of likely N-dealkylation sites (N-methyl/N-ethyl adjacent to an activating group) is 1. The molecular weight excluding hydrogens is 352 g/mol. The van der Waals surface area contributed by atoms with Crippen LogP contribution in [0.3, 0.4) is 0 Å². The number of carbonyl (C=O) groups is 1. The Kier molecular flexibility index (Phi) is 5.32. The van der Waals surface area contributed by atoms with Crippen LogP contribution in [0.25, 0.3) is 11.3 Å². The molecule has 0 N–H and O–H groups in total. The van der Waals surface area contributed by atoms with Gasteiger partial charge in [-0.3, -0.25) is 4.79 Å². The number of rotatable bonds is 6. The third-order valence-electron chi connectivity index (χ3n) is 5.11. The first-order valence-corrected chi connectivity index (χ1v) is 9.61. The third-order valence-corrected chi connectivity index (χ3v) is 5.11. The number of nitrogens with zero attached hydrogens (tertiary/aromatic N) is 6. The highest BCUT2D eigenvalue weighted by Crippen LogP contribution is 2.21. The van der Waals surface area contributed by atoms with Gasteiger partial charge in [-0.05, 0) is 37.1 Å². The van der Waals surface area contributed by atoms with Gasteiger partial charge in [-0.2, -0.15) is 0 Å². The Bertz CT molecular complexity index is 899. The second-order valence-corrected chi connectivity index (χ2v) is 7.08. The van der Waals surface area contributed by atoms with E-state index in [4.69, 9.17) is 0 Å². The molecule has 0 aliphatic carbocycles. The van der Waals surface area contributed by atoms with Crippen LogP contribution in [0, 0.1) is 0 Å². The molecule has 0 radical (unpaired) electrons. The molecule has 7 heteroatoms. The van der Waals surface area contributed by atoms with Crippen LogP contribution >= 0.6 is 0 Å². The Morgan fingerprint density at radius 1 is 1.07 bits per heavy atom. The Labute approximate surface area is 164 Å². The molecule has 3 heterocycles. The van der Waals surface area contributed by atoms with Gasteiger partial charge in [-0.1, -0.05) is 12.1 Å². The Hall–Kier alpha value is -3.22. The molecule has 1 amide bonds. The lowest BCUT2D eigenvalue weighted by Crippen LogP contribution is -2.29. The molecule has 0 spiro atoms. The van der Waals surface area contributed by atoms with Crippen LogP contribution in [0.5, 0.6) is 0 Å². The minimum Gasteiger partial charge on any atom is -0.355 e. The van der Waals surface area contributed by atoms with Crippen molar-refractivity contribution < 1.29 is 4.79 Å². The lowest BCUT2D eigenvalue weighted by Gasteiger charge is -2.17. The lowest BCUT2D eigenvalue weighted by atomic mass is 10.1. The molecule has 1 aliphatic heterocycles. The first-order chi connectivity index (χ1) is 13.7. The van der Waals surface area contributed by atoms with Crippen LogP contribution in [0.1, 0.15) is 23.2 Å². The molecule has 7 nitrogen and oxygen atoms in total. The molecule has 0 unspecified atom stereocenters. The second kappa shape index (κ2) is 8.21. The van der Waals surface area contributed by atoms with Crippen molar-refractivity contribution in [2.45, 2.75) is 19.4 Å². The van der Waals surface area contributed by atoms with Gasteiger partial charge in [0.15, 0.2) is 5.82 Å². The maximum absolute atomic E-state index is 12.6. The molecule has 1 fully saturated rings. The maximum Gasteiger partial charge on any atom is 0.253 e. The number of imidazole rings is 1. The number of amides is 1. The number of carbonyl (C=O) groups excluding carboxylic acids is 1. The summed E-state index contributed by atoms with van der Waals surface area (Å²) in [6.07, 6.45) is 7.82. The van der Waals surface area contributed by atoms with Crippen molar-refractivity contribution in [3.63, 3.8) is 0 Å². The van der Waals surface area contributed by atoms with Gasteiger partial charge in [0.2, 0.25) is 0 Å². The van der Waals surface area contributed by atoms with Crippen LogP contribution in [-0.4, -0.2) is 57.2 Å². The summed E-state index contributed by atoms with van der Waals surface area (Å²) in [5.41, 5.74) is 2.44. The molecule has 0 bridgehead atoms. The smallest absolute Gasteiger partial charge is 0.253 e. The first kappa shape index (κ1) is 18.2. The van der Waals surface area contributed by atoms with E-state index in [1.807, 2.05) is 54.2 Å². The lowest BCUT2D eigenvalue weighted by molar-refractivity contribution is 0.0790. The van der Waals surface area contributed by atoms with Crippen molar-refractivity contribution in [2.75, 3.05) is 31.6 Å². The van der Waals surface area contributed by atoms with Gasteiger partial charge < -0.3 is 14.4 Å². The Morgan fingerprint density at radius 3 is 2.50 bits per heavy atom. The van der Waals surface area contributed by atoms with E-state index in [-0.39, 0.29) is 5.91 Å². The van der Waals surface area contributed by atoms with Crippen molar-refractivity contribution in [3.05, 3.63) is 60.7 Å². The largest absolute Gasteiger partial charge is 0.355 e. The summed E-state index contributed by atoms with van der Waals surface area (Å²) in [4.78, 5) is 20.6. The summed E-state index contributed by atoms with van der Waals surface area (Å²) in [5.74, 6) is 0.940. The number of benzene rings is 1. The first-order valence-electron chi connectivity index (χ1n) is 9.61. The zero-order chi connectivity index (χ0) is 19.3. The number of hydrogen-bond acceptors (Lipinski definition) is 5. The van der Waals surface area contributed by atoms with Crippen molar-refractivity contribution >= 4 is 11.7 Å². The molecule has 0 atom stereocenters. The molecule has 28 heavy (non-hydrogen) atoms. The van der Waals surface area contributed by atoms with Crippen LogP contribution in [0.15, 0.2) is 55.1 Å². The molecule has 0 saturated carbocycles. The summed E-state index contributed by atoms with van der Waals surface area (Å²) in [7, 11) is 1.82. The fraction of sp³-hybridized carbons (Fsp3) is 0.333. The van der Waals surface area contributed by atoms with Gasteiger partial charge in [-0.25, -0.2) is 4.98 Å². The van der Waals surface area contributed by atoms with E-state index in [9.17, 15) is 4.79 Å². The summed E-state index contributed by atoms with van der Waals surface area (Å²) in [6.45, 7) is 3.46. The SMILES string of the molecule is CN(CCn1ccnc1)C(=O)c1ccc(-c2ccc(N3CCCC3)nn2)cc1. The summed E-state index contributed by atoms with van der Waals surface area (Å²) >= 11 is 0. The average molecular weight is 376 g/mol. The van der Waals surface area contributed by atoms with Gasteiger partial charge in [0, 0.05) is 56.7 Å². The minimum atomic E-state index is 0.00197. The topological polar surface area (TPSA) is 67.2 Å². The van der Waals surface area contributed by atoms with Crippen LogP contribution < -0.4 is 4.90 Å². The van der Waals surface area contributed by atoms with Crippen LogP contribution in [-0.2, 0) is 6.54 Å². The molecular formula is C21H24N6O. The summed E-state index contributed by atoms with van der Waals surface area (Å²) < 4.78 is 1.96. The highest BCUT2D eigenvalue weighted by molar-refractivity contribution is 5.94. The van der Waals surface area contributed by atoms with Crippen molar-refractivity contribution in [2.24, 2.45) is 0 Å². The zero-order valence-electron chi connectivity index (χ0n) is 16.0. The van der Waals surface area contributed by atoms with Gasteiger partial charge in [0.25, 0.3) is 5.91 Å². The average Bonchev–Trinajstić information content (AvgIpc) is 3.46. The predicted octanol–water partition coefficient (Wildman–Crippen LogP) is 2.71. The predicted molar refractivity (Wildman–Crippen MR) is 108 cm³/mol. The van der Waals surface area contributed by atoms with E-state index in [0.29, 0.717) is 12.1 Å². The monoisotopic (exact) mass is 376 g/mol. The van der Waals surface area contributed by atoms with Crippen molar-refractivity contribution in [1.82, 2.24) is 24.6 Å². The van der Waals surface area contributed by atoms with Crippen LogP contribution in [0.2, 0.25) is 0 Å². The molecule has 1 aliphatic rings. The Morgan fingerprint density at radius 2 is 1.86 bits per heavy atom. The molecule has 144 valence electrons. The fourth-order valence-electron chi connectivity index (χ4n) is 3.38. The number of hydrogen-bond donors (Lipinski definition) is 0. The standard InChI is InChI=1S/C21H24N6O/c1-25(14-15-26-13-10-22-16-26)21(28)18-6-4-17(5-7-18)19-8-9-20(24-23-19)27-11-2-3-12-27/h4-10,13,16H,2-3,11-12,14-15H2,1H3. The van der Waals surface area contributed by atoms with Crippen molar-refractivity contribution in [1.29, 1.82) is 0 Å². The second-order valence-electron chi connectivity index (χ2n) is 7.08. The van der Waals surface area contributed by atoms with E-state index < -0.39 is 0 Å². The van der Waals surface area contributed by atoms with Gasteiger partial charge in [0.1, 0.15) is 0 Å². The van der Waals surface area contributed by atoms with E-state index in [0.717, 1.165) is 36.7 Å². The molecule has 3 aromatic rings. The zero-order valence-corrected chi connectivity index (χ0v) is 16.0. The third kappa shape index (κ3) is 4.03. The number of anilines is 1. The highest BCUT2D eigenvalue weighted by Gasteiger charge is 2.15. The van der Waals surface area contributed by atoms with Gasteiger partial charge >= 0.3 is 0 Å². The molecule has 1 saturated heterocycles. The van der Waals surface area contributed by atoms with E-state index in [2.05, 4.69) is 20.1 Å². The minimum absolute atomic E-state index is 0.00197. The molecule has 2 aromatic heterocycles. The van der Waals surface area contributed by atoms with Crippen LogP contribution in [0.4, 0.5) is 5.82 Å². The molecule has 4 rings (SSSR count). The van der Waals surface area contributed by atoms with Gasteiger partial charge in [-0.15, -0.1) is 10.2 Å². The maximum atomic E-state index is 12.6.